The molecule has 0 spiro atoms. The van der Waals surface area contributed by atoms with Gasteiger partial charge in [0, 0.05) is 6.04 Å². The molecule has 0 heterocycles. The second kappa shape index (κ2) is 4.91. The van der Waals surface area contributed by atoms with Crippen molar-refractivity contribution < 1.29 is 0 Å². The van der Waals surface area contributed by atoms with Gasteiger partial charge in [-0.3, -0.25) is 0 Å². The number of nitrogen functional groups attached to an aromatic ring is 1. The van der Waals surface area contributed by atoms with Crippen molar-refractivity contribution in [1.29, 1.82) is 0 Å². The zero-order valence-corrected chi connectivity index (χ0v) is 10.3. The molecule has 1 unspecified atom stereocenters. The third-order valence-electron chi connectivity index (χ3n) is 2.91. The smallest absolute Gasteiger partial charge is 0.0578 e. The molecule has 1 atom stereocenters. The molecule has 0 aromatic heterocycles. The van der Waals surface area contributed by atoms with Crippen molar-refractivity contribution in [2.45, 2.75) is 19.9 Å². The van der Waals surface area contributed by atoms with E-state index in [0.717, 1.165) is 11.4 Å². The van der Waals surface area contributed by atoms with Crippen LogP contribution >= 0.6 is 0 Å². The van der Waals surface area contributed by atoms with Gasteiger partial charge >= 0.3 is 0 Å². The summed E-state index contributed by atoms with van der Waals surface area (Å²) in [5, 5.41) is 3.42. The molecule has 2 aromatic rings. The fraction of sp³-hybridized carbons (Fsp3) is 0.200. The van der Waals surface area contributed by atoms with E-state index in [9.17, 15) is 0 Å². The summed E-state index contributed by atoms with van der Waals surface area (Å²) in [4.78, 5) is 0. The molecule has 0 saturated carbocycles. The lowest BCUT2D eigenvalue weighted by atomic mass is 10.1. The maximum atomic E-state index is 5.91. The molecule has 0 saturated heterocycles. The van der Waals surface area contributed by atoms with Crippen LogP contribution in [0.15, 0.2) is 48.5 Å². The molecule has 0 aliphatic carbocycles. The van der Waals surface area contributed by atoms with Gasteiger partial charge in [-0.15, -0.1) is 0 Å². The third kappa shape index (κ3) is 2.78. The summed E-state index contributed by atoms with van der Waals surface area (Å²) in [6.45, 7) is 4.23. The molecular formula is C15H18N2. The van der Waals surface area contributed by atoms with Gasteiger partial charge in [0.2, 0.25) is 0 Å². The van der Waals surface area contributed by atoms with E-state index in [1.807, 2.05) is 24.3 Å². The lowest BCUT2D eigenvalue weighted by Gasteiger charge is -2.17. The Balaban J connectivity index is 2.14. The normalized spacial score (nSPS) is 12.1. The van der Waals surface area contributed by atoms with Crippen molar-refractivity contribution in [3.05, 3.63) is 59.7 Å². The first-order valence-electron chi connectivity index (χ1n) is 5.84. The van der Waals surface area contributed by atoms with Gasteiger partial charge in [0.25, 0.3) is 0 Å². The van der Waals surface area contributed by atoms with Gasteiger partial charge in [0.05, 0.1) is 11.4 Å². The number of benzene rings is 2. The minimum Gasteiger partial charge on any atom is -0.397 e. The molecule has 0 amide bonds. The molecule has 2 heteroatoms. The summed E-state index contributed by atoms with van der Waals surface area (Å²) >= 11 is 0. The Morgan fingerprint density at radius 2 is 1.65 bits per heavy atom. The van der Waals surface area contributed by atoms with Crippen LogP contribution in [0.3, 0.4) is 0 Å². The van der Waals surface area contributed by atoms with Crippen LogP contribution in [0.25, 0.3) is 0 Å². The molecule has 3 N–H and O–H groups in total. The maximum absolute atomic E-state index is 5.91. The van der Waals surface area contributed by atoms with Crippen LogP contribution in [0.5, 0.6) is 0 Å². The number of hydrogen-bond acceptors (Lipinski definition) is 2. The highest BCUT2D eigenvalue weighted by atomic mass is 14.9. The Morgan fingerprint density at radius 3 is 2.29 bits per heavy atom. The van der Waals surface area contributed by atoms with Crippen LogP contribution in [0, 0.1) is 6.92 Å². The predicted octanol–water partition coefficient (Wildman–Crippen LogP) is 3.75. The van der Waals surface area contributed by atoms with E-state index in [1.54, 1.807) is 0 Å². The van der Waals surface area contributed by atoms with Crippen LogP contribution in [0.2, 0.25) is 0 Å². The molecule has 2 rings (SSSR count). The molecule has 0 aliphatic heterocycles. The maximum Gasteiger partial charge on any atom is 0.0578 e. The largest absolute Gasteiger partial charge is 0.397 e. The number of anilines is 2. The van der Waals surface area contributed by atoms with E-state index in [4.69, 9.17) is 5.73 Å². The number of nitrogens with two attached hydrogens (primary N) is 1. The summed E-state index contributed by atoms with van der Waals surface area (Å²) < 4.78 is 0. The monoisotopic (exact) mass is 226 g/mol. The second-order valence-corrected chi connectivity index (χ2v) is 4.36. The van der Waals surface area contributed by atoms with Gasteiger partial charge in [-0.1, -0.05) is 42.0 Å². The molecule has 17 heavy (non-hydrogen) atoms. The van der Waals surface area contributed by atoms with Gasteiger partial charge < -0.3 is 11.1 Å². The molecular weight excluding hydrogens is 208 g/mol. The van der Waals surface area contributed by atoms with Crippen LogP contribution in [-0.4, -0.2) is 0 Å². The van der Waals surface area contributed by atoms with Crippen molar-refractivity contribution in [1.82, 2.24) is 0 Å². The Kier molecular flexibility index (Phi) is 3.33. The molecule has 2 nitrogen and oxygen atoms in total. The van der Waals surface area contributed by atoms with Crippen LogP contribution in [0.4, 0.5) is 11.4 Å². The topological polar surface area (TPSA) is 38.0 Å². The van der Waals surface area contributed by atoms with Crippen molar-refractivity contribution in [2.24, 2.45) is 0 Å². The quantitative estimate of drug-likeness (QED) is 0.782. The lowest BCUT2D eigenvalue weighted by Crippen LogP contribution is -2.08. The van der Waals surface area contributed by atoms with Crippen molar-refractivity contribution in [3.63, 3.8) is 0 Å². The van der Waals surface area contributed by atoms with E-state index >= 15 is 0 Å². The Bertz CT molecular complexity index is 489. The summed E-state index contributed by atoms with van der Waals surface area (Å²) in [5.41, 5.74) is 10.2. The number of aryl methyl sites for hydroxylation is 1. The van der Waals surface area contributed by atoms with E-state index < -0.39 is 0 Å². The average molecular weight is 226 g/mol. The standard InChI is InChI=1S/C15H18N2/c1-11-7-9-13(10-8-11)12(2)17-15-6-4-3-5-14(15)16/h3-10,12,17H,16H2,1-2H3. The van der Waals surface area contributed by atoms with Gasteiger partial charge in [0.15, 0.2) is 0 Å². The van der Waals surface area contributed by atoms with Gasteiger partial charge in [0.1, 0.15) is 0 Å². The van der Waals surface area contributed by atoms with Crippen LogP contribution in [-0.2, 0) is 0 Å². The molecule has 0 aliphatic rings. The fourth-order valence-corrected chi connectivity index (χ4v) is 1.80. The van der Waals surface area contributed by atoms with E-state index in [1.165, 1.54) is 11.1 Å². The minimum atomic E-state index is 0.250. The van der Waals surface area contributed by atoms with E-state index in [2.05, 4.69) is 43.4 Å². The van der Waals surface area contributed by atoms with Crippen molar-refractivity contribution in [3.8, 4) is 0 Å². The van der Waals surface area contributed by atoms with E-state index in [-0.39, 0.29) is 6.04 Å². The zero-order chi connectivity index (χ0) is 12.3. The highest BCUT2D eigenvalue weighted by Crippen LogP contribution is 2.23. The summed E-state index contributed by atoms with van der Waals surface area (Å²) in [7, 11) is 0. The highest BCUT2D eigenvalue weighted by Gasteiger charge is 2.06. The average Bonchev–Trinajstić information content (AvgIpc) is 2.33. The van der Waals surface area contributed by atoms with Crippen molar-refractivity contribution >= 4 is 11.4 Å². The Labute approximate surface area is 102 Å². The van der Waals surface area contributed by atoms with E-state index in [0.29, 0.717) is 0 Å². The third-order valence-corrected chi connectivity index (χ3v) is 2.91. The molecule has 0 bridgehead atoms. The van der Waals surface area contributed by atoms with Gasteiger partial charge in [-0.05, 0) is 31.5 Å². The van der Waals surface area contributed by atoms with Crippen molar-refractivity contribution in [2.75, 3.05) is 11.1 Å². The second-order valence-electron chi connectivity index (χ2n) is 4.36. The summed E-state index contributed by atoms with van der Waals surface area (Å²) in [5.74, 6) is 0. The Morgan fingerprint density at radius 1 is 1.00 bits per heavy atom. The predicted molar refractivity (Wildman–Crippen MR) is 74.1 cm³/mol. The van der Waals surface area contributed by atoms with Crippen LogP contribution in [0.1, 0.15) is 24.1 Å². The van der Waals surface area contributed by atoms with Gasteiger partial charge in [-0.2, -0.15) is 0 Å². The minimum absolute atomic E-state index is 0.250. The number of rotatable bonds is 3. The summed E-state index contributed by atoms with van der Waals surface area (Å²) in [6, 6.07) is 16.6. The first-order chi connectivity index (χ1) is 8.16. The number of para-hydroxylation sites is 2. The lowest BCUT2D eigenvalue weighted by molar-refractivity contribution is 0.885. The highest BCUT2D eigenvalue weighted by molar-refractivity contribution is 5.66. The molecule has 2 aromatic carbocycles. The Hall–Kier alpha value is -1.96. The summed E-state index contributed by atoms with van der Waals surface area (Å²) in [6.07, 6.45) is 0. The molecule has 0 fully saturated rings. The zero-order valence-electron chi connectivity index (χ0n) is 10.3. The van der Waals surface area contributed by atoms with Gasteiger partial charge in [-0.25, -0.2) is 0 Å². The fourth-order valence-electron chi connectivity index (χ4n) is 1.80. The number of nitrogens with one attached hydrogen (secondary N) is 1. The van der Waals surface area contributed by atoms with Crippen LogP contribution < -0.4 is 11.1 Å². The first kappa shape index (κ1) is 11.5. The molecule has 88 valence electrons. The number of hydrogen-bond donors (Lipinski definition) is 2. The first-order valence-corrected chi connectivity index (χ1v) is 5.84. The SMILES string of the molecule is Cc1ccc(C(C)Nc2ccccc2N)cc1. The molecule has 0 radical (unpaired) electrons.